The first-order valence-electron chi connectivity index (χ1n) is 7.29. The lowest BCUT2D eigenvalue weighted by Crippen LogP contribution is -2.45. The number of hydrazine groups is 1. The van der Waals surface area contributed by atoms with E-state index in [-0.39, 0.29) is 23.0 Å². The Morgan fingerprint density at radius 1 is 1.27 bits per heavy atom. The first-order chi connectivity index (χ1) is 10.4. The van der Waals surface area contributed by atoms with Crippen molar-refractivity contribution in [2.75, 3.05) is 5.32 Å². The van der Waals surface area contributed by atoms with Gasteiger partial charge in [-0.3, -0.25) is 20.4 Å². The molecule has 1 saturated carbocycles. The van der Waals surface area contributed by atoms with Crippen LogP contribution in [0.25, 0.3) is 0 Å². The third kappa shape index (κ3) is 5.80. The Labute approximate surface area is 138 Å². The van der Waals surface area contributed by atoms with Crippen LogP contribution < -0.4 is 16.2 Å². The number of carbonyl (C=O) groups excluding carboxylic acids is 2. The Bertz CT molecular complexity index is 530. The van der Waals surface area contributed by atoms with Gasteiger partial charge in [-0.05, 0) is 25.7 Å². The molecule has 7 nitrogen and oxygen atoms in total. The molecule has 0 radical (unpaired) electrons. The molecule has 0 aromatic carbocycles. The molecule has 1 aliphatic carbocycles. The van der Waals surface area contributed by atoms with Crippen LogP contribution in [-0.2, 0) is 9.59 Å². The maximum atomic E-state index is 11.9. The van der Waals surface area contributed by atoms with Gasteiger partial charge >= 0.3 is 0 Å². The van der Waals surface area contributed by atoms with Gasteiger partial charge in [0.1, 0.15) is 0 Å². The van der Waals surface area contributed by atoms with Crippen molar-refractivity contribution in [1.29, 1.82) is 0 Å². The molecule has 0 saturated heterocycles. The lowest BCUT2D eigenvalue weighted by Gasteiger charge is -2.12. The SMILES string of the molecule is CC(C)CC(=O)NNC(=O)[C@H](C)Sc1nnc(NC2CC2)s1. The molecule has 1 heterocycles. The third-order valence-electron chi connectivity index (χ3n) is 2.88. The summed E-state index contributed by atoms with van der Waals surface area (Å²) in [7, 11) is 0. The number of carbonyl (C=O) groups is 2. The van der Waals surface area contributed by atoms with Gasteiger partial charge in [0.2, 0.25) is 11.0 Å². The molecule has 0 spiro atoms. The zero-order chi connectivity index (χ0) is 16.1. The number of hydrogen-bond donors (Lipinski definition) is 3. The zero-order valence-corrected chi connectivity index (χ0v) is 14.5. The van der Waals surface area contributed by atoms with Gasteiger partial charge in [0.05, 0.1) is 5.25 Å². The van der Waals surface area contributed by atoms with E-state index in [1.807, 2.05) is 13.8 Å². The number of rotatable bonds is 7. The van der Waals surface area contributed by atoms with Crippen LogP contribution in [0.1, 0.15) is 40.0 Å². The molecule has 0 unspecified atom stereocenters. The van der Waals surface area contributed by atoms with Gasteiger partial charge in [0, 0.05) is 12.5 Å². The number of thioether (sulfide) groups is 1. The monoisotopic (exact) mass is 343 g/mol. The molecule has 2 rings (SSSR count). The largest absolute Gasteiger partial charge is 0.357 e. The van der Waals surface area contributed by atoms with E-state index in [1.54, 1.807) is 6.92 Å². The molecule has 1 atom stereocenters. The highest BCUT2D eigenvalue weighted by atomic mass is 32.2. The predicted octanol–water partition coefficient (Wildman–Crippen LogP) is 1.79. The summed E-state index contributed by atoms with van der Waals surface area (Å²) in [5, 5.41) is 11.8. The number of nitrogens with zero attached hydrogens (tertiary/aromatic N) is 2. The van der Waals surface area contributed by atoms with Gasteiger partial charge in [-0.25, -0.2) is 0 Å². The van der Waals surface area contributed by atoms with E-state index in [0.717, 1.165) is 9.47 Å². The Kier molecular flexibility index (Phi) is 6.01. The van der Waals surface area contributed by atoms with Gasteiger partial charge in [0.25, 0.3) is 5.91 Å². The highest BCUT2D eigenvalue weighted by Crippen LogP contribution is 2.31. The Morgan fingerprint density at radius 2 is 2.00 bits per heavy atom. The topological polar surface area (TPSA) is 96.0 Å². The van der Waals surface area contributed by atoms with Crippen LogP contribution in [0.2, 0.25) is 0 Å². The minimum absolute atomic E-state index is 0.188. The van der Waals surface area contributed by atoms with Crippen molar-refractivity contribution in [1.82, 2.24) is 21.0 Å². The number of nitrogens with one attached hydrogen (secondary N) is 3. The van der Waals surface area contributed by atoms with E-state index in [1.165, 1.54) is 35.9 Å². The second kappa shape index (κ2) is 7.77. The molecule has 0 aliphatic heterocycles. The minimum atomic E-state index is -0.360. The normalized spacial score (nSPS) is 15.5. The van der Waals surface area contributed by atoms with E-state index in [9.17, 15) is 9.59 Å². The zero-order valence-electron chi connectivity index (χ0n) is 12.9. The van der Waals surface area contributed by atoms with Crippen molar-refractivity contribution in [3.8, 4) is 0 Å². The van der Waals surface area contributed by atoms with Crippen molar-refractivity contribution >= 4 is 40.0 Å². The van der Waals surface area contributed by atoms with Crippen LogP contribution in [-0.4, -0.2) is 33.3 Å². The van der Waals surface area contributed by atoms with Crippen LogP contribution in [0, 0.1) is 5.92 Å². The molecule has 22 heavy (non-hydrogen) atoms. The van der Waals surface area contributed by atoms with Crippen LogP contribution >= 0.6 is 23.1 Å². The second-order valence-corrected chi connectivity index (χ2v) is 8.25. The number of anilines is 1. The highest BCUT2D eigenvalue weighted by Gasteiger charge is 2.23. The first kappa shape index (κ1) is 17.0. The molecule has 1 fully saturated rings. The fraction of sp³-hybridized carbons (Fsp3) is 0.692. The molecule has 0 bridgehead atoms. The minimum Gasteiger partial charge on any atom is -0.357 e. The Hall–Kier alpha value is -1.35. The molecular formula is C13H21N5O2S2. The number of hydrogen-bond acceptors (Lipinski definition) is 7. The average molecular weight is 343 g/mol. The van der Waals surface area contributed by atoms with Crippen molar-refractivity contribution in [3.05, 3.63) is 0 Å². The Morgan fingerprint density at radius 3 is 2.64 bits per heavy atom. The lowest BCUT2D eigenvalue weighted by molar-refractivity contribution is -0.128. The summed E-state index contributed by atoms with van der Waals surface area (Å²) in [5.74, 6) is -0.191. The lowest BCUT2D eigenvalue weighted by atomic mass is 10.1. The van der Waals surface area contributed by atoms with Gasteiger partial charge in [-0.2, -0.15) is 0 Å². The molecule has 1 aliphatic rings. The van der Waals surface area contributed by atoms with E-state index in [2.05, 4.69) is 26.4 Å². The Balaban J connectivity index is 1.73. The van der Waals surface area contributed by atoms with E-state index >= 15 is 0 Å². The molecular weight excluding hydrogens is 322 g/mol. The van der Waals surface area contributed by atoms with Gasteiger partial charge in [0.15, 0.2) is 4.34 Å². The second-order valence-electron chi connectivity index (χ2n) is 5.69. The number of aromatic nitrogens is 2. The molecule has 1 aromatic rings. The quantitative estimate of drug-likeness (QED) is 0.516. The highest BCUT2D eigenvalue weighted by molar-refractivity contribution is 8.02. The molecule has 9 heteroatoms. The molecule has 1 aromatic heterocycles. The van der Waals surface area contributed by atoms with E-state index in [4.69, 9.17) is 0 Å². The van der Waals surface area contributed by atoms with Crippen LogP contribution in [0.15, 0.2) is 4.34 Å². The van der Waals surface area contributed by atoms with Crippen LogP contribution in [0.5, 0.6) is 0 Å². The van der Waals surface area contributed by atoms with Crippen LogP contribution in [0.3, 0.4) is 0 Å². The summed E-state index contributed by atoms with van der Waals surface area (Å²) in [6, 6.07) is 0.530. The maximum absolute atomic E-state index is 11.9. The summed E-state index contributed by atoms with van der Waals surface area (Å²) in [6.07, 6.45) is 2.74. The summed E-state index contributed by atoms with van der Waals surface area (Å²) < 4.78 is 0.735. The smallest absolute Gasteiger partial charge is 0.251 e. The van der Waals surface area contributed by atoms with Gasteiger partial charge < -0.3 is 5.32 Å². The van der Waals surface area contributed by atoms with Crippen molar-refractivity contribution in [2.24, 2.45) is 5.92 Å². The summed E-state index contributed by atoms with van der Waals surface area (Å²) in [5.41, 5.74) is 4.86. The standard InChI is InChI=1S/C13H21N5O2S2/c1-7(2)6-10(19)15-16-11(20)8(3)21-13-18-17-12(22-13)14-9-4-5-9/h7-9H,4-6H2,1-3H3,(H,14,17)(H,15,19)(H,16,20)/t8-/m0/s1. The summed E-state index contributed by atoms with van der Waals surface area (Å²) in [6.45, 7) is 5.66. The summed E-state index contributed by atoms with van der Waals surface area (Å²) in [4.78, 5) is 23.4. The van der Waals surface area contributed by atoms with Gasteiger partial charge in [-0.15, -0.1) is 10.2 Å². The molecule has 122 valence electrons. The predicted molar refractivity (Wildman–Crippen MR) is 87.6 cm³/mol. The molecule has 3 N–H and O–H groups in total. The fourth-order valence-corrected chi connectivity index (χ4v) is 3.55. The van der Waals surface area contributed by atoms with Crippen LogP contribution in [0.4, 0.5) is 5.13 Å². The maximum Gasteiger partial charge on any atom is 0.251 e. The fourth-order valence-electron chi connectivity index (χ4n) is 1.58. The molecule has 2 amide bonds. The summed E-state index contributed by atoms with van der Waals surface area (Å²) >= 11 is 2.77. The van der Waals surface area contributed by atoms with E-state index < -0.39 is 0 Å². The van der Waals surface area contributed by atoms with Crippen molar-refractivity contribution in [2.45, 2.75) is 55.7 Å². The third-order valence-corrected chi connectivity index (χ3v) is 4.92. The van der Waals surface area contributed by atoms with Crippen molar-refractivity contribution in [3.63, 3.8) is 0 Å². The van der Waals surface area contributed by atoms with Gasteiger partial charge in [-0.1, -0.05) is 36.9 Å². The van der Waals surface area contributed by atoms with E-state index in [0.29, 0.717) is 12.5 Å². The first-order valence-corrected chi connectivity index (χ1v) is 8.99. The average Bonchev–Trinajstić information content (AvgIpc) is 3.14. The number of amides is 2. The van der Waals surface area contributed by atoms with Crippen molar-refractivity contribution < 1.29 is 9.59 Å².